The Morgan fingerprint density at radius 2 is 2.06 bits per heavy atom. The zero-order valence-electron chi connectivity index (χ0n) is 8.61. The Morgan fingerprint density at radius 1 is 1.38 bits per heavy atom. The van der Waals surface area contributed by atoms with Gasteiger partial charge in [-0.25, -0.2) is 9.37 Å². The molecule has 1 N–H and O–H groups in total. The zero-order chi connectivity index (χ0) is 11.5. The normalized spacial score (nSPS) is 10.4. The van der Waals surface area contributed by atoms with Gasteiger partial charge in [-0.1, -0.05) is 11.3 Å². The van der Waals surface area contributed by atoms with E-state index in [0.29, 0.717) is 15.8 Å². The van der Waals surface area contributed by atoms with Gasteiger partial charge in [-0.05, 0) is 24.3 Å². The quantitative estimate of drug-likeness (QED) is 0.894. The lowest BCUT2D eigenvalue weighted by atomic mass is 10.1. The van der Waals surface area contributed by atoms with Gasteiger partial charge < -0.3 is 9.84 Å². The monoisotopic (exact) mass is 239 g/mol. The number of aromatic nitrogens is 1. The number of aliphatic hydroxyl groups excluding tert-OH is 1. The number of hydrogen-bond donors (Lipinski definition) is 1. The SMILES string of the molecule is COc1nc(-c2ccc(F)cc2)c(CO)s1. The molecule has 0 bridgehead atoms. The van der Waals surface area contributed by atoms with Crippen molar-refractivity contribution < 1.29 is 14.2 Å². The van der Waals surface area contributed by atoms with Crippen LogP contribution in [-0.4, -0.2) is 17.2 Å². The molecule has 0 amide bonds. The molecule has 1 aromatic carbocycles. The molecule has 2 rings (SSSR count). The summed E-state index contributed by atoms with van der Waals surface area (Å²) in [6, 6.07) is 5.98. The van der Waals surface area contributed by atoms with E-state index in [4.69, 9.17) is 4.74 Å². The molecule has 1 aromatic heterocycles. The number of ether oxygens (including phenoxy) is 1. The number of thiazole rings is 1. The van der Waals surface area contributed by atoms with E-state index in [-0.39, 0.29) is 12.4 Å². The smallest absolute Gasteiger partial charge is 0.273 e. The van der Waals surface area contributed by atoms with E-state index in [0.717, 1.165) is 5.56 Å². The second-order valence-electron chi connectivity index (χ2n) is 3.12. The van der Waals surface area contributed by atoms with Crippen molar-refractivity contribution in [2.75, 3.05) is 7.11 Å². The molecule has 1 heterocycles. The van der Waals surface area contributed by atoms with Crippen molar-refractivity contribution in [2.24, 2.45) is 0 Å². The topological polar surface area (TPSA) is 42.4 Å². The first-order chi connectivity index (χ1) is 7.74. The molecule has 3 nitrogen and oxygen atoms in total. The van der Waals surface area contributed by atoms with Gasteiger partial charge >= 0.3 is 0 Å². The van der Waals surface area contributed by atoms with Crippen LogP contribution in [0.3, 0.4) is 0 Å². The molecule has 0 aliphatic heterocycles. The van der Waals surface area contributed by atoms with E-state index >= 15 is 0 Å². The van der Waals surface area contributed by atoms with Crippen LogP contribution in [0.15, 0.2) is 24.3 Å². The standard InChI is InChI=1S/C11H10FNO2S/c1-15-11-13-10(9(6-14)16-11)7-2-4-8(12)5-3-7/h2-5,14H,6H2,1H3. The van der Waals surface area contributed by atoms with Crippen molar-refractivity contribution >= 4 is 11.3 Å². The van der Waals surface area contributed by atoms with Crippen molar-refractivity contribution in [1.29, 1.82) is 0 Å². The summed E-state index contributed by atoms with van der Waals surface area (Å²) in [4.78, 5) is 4.92. The number of rotatable bonds is 3. The number of aliphatic hydroxyl groups is 1. The molecular weight excluding hydrogens is 229 g/mol. The second kappa shape index (κ2) is 4.59. The minimum Gasteiger partial charge on any atom is -0.473 e. The summed E-state index contributed by atoms with van der Waals surface area (Å²) in [7, 11) is 1.52. The average Bonchev–Trinajstić information content (AvgIpc) is 2.73. The van der Waals surface area contributed by atoms with Gasteiger partial charge in [0.1, 0.15) is 5.82 Å². The molecular formula is C11H10FNO2S. The Morgan fingerprint density at radius 3 is 2.62 bits per heavy atom. The van der Waals surface area contributed by atoms with Gasteiger partial charge in [-0.3, -0.25) is 0 Å². The highest BCUT2D eigenvalue weighted by Crippen LogP contribution is 2.32. The van der Waals surface area contributed by atoms with Gasteiger partial charge in [0.15, 0.2) is 0 Å². The summed E-state index contributed by atoms with van der Waals surface area (Å²) in [6.45, 7) is -0.103. The summed E-state index contributed by atoms with van der Waals surface area (Å²) < 4.78 is 17.8. The first kappa shape index (κ1) is 11.0. The molecule has 2 aromatic rings. The van der Waals surface area contributed by atoms with Gasteiger partial charge in [-0.15, -0.1) is 0 Å². The van der Waals surface area contributed by atoms with Crippen LogP contribution in [0.1, 0.15) is 4.88 Å². The first-order valence-corrected chi connectivity index (χ1v) is 5.46. The van der Waals surface area contributed by atoms with Gasteiger partial charge in [0.05, 0.1) is 24.3 Å². The Bertz CT molecular complexity index is 481. The van der Waals surface area contributed by atoms with E-state index in [9.17, 15) is 9.50 Å². The highest BCUT2D eigenvalue weighted by atomic mass is 32.1. The van der Waals surface area contributed by atoms with Crippen LogP contribution in [0.2, 0.25) is 0 Å². The lowest BCUT2D eigenvalue weighted by Crippen LogP contribution is -1.86. The third-order valence-electron chi connectivity index (χ3n) is 2.11. The number of benzene rings is 1. The third-order valence-corrected chi connectivity index (χ3v) is 3.12. The third kappa shape index (κ3) is 2.05. The van der Waals surface area contributed by atoms with Gasteiger partial charge in [0, 0.05) is 5.56 Å². The molecule has 0 aliphatic carbocycles. The van der Waals surface area contributed by atoms with Crippen molar-refractivity contribution in [3.8, 4) is 16.5 Å². The van der Waals surface area contributed by atoms with Crippen LogP contribution in [0.4, 0.5) is 4.39 Å². The maximum atomic E-state index is 12.8. The Labute approximate surface area is 96.2 Å². The van der Waals surface area contributed by atoms with Gasteiger partial charge in [-0.2, -0.15) is 0 Å². The van der Waals surface area contributed by atoms with E-state index < -0.39 is 0 Å². The van der Waals surface area contributed by atoms with Crippen molar-refractivity contribution in [3.63, 3.8) is 0 Å². The largest absolute Gasteiger partial charge is 0.473 e. The van der Waals surface area contributed by atoms with Crippen LogP contribution < -0.4 is 4.74 Å². The molecule has 0 saturated carbocycles. The number of nitrogens with zero attached hydrogens (tertiary/aromatic N) is 1. The fourth-order valence-electron chi connectivity index (χ4n) is 1.36. The molecule has 0 radical (unpaired) electrons. The van der Waals surface area contributed by atoms with Crippen LogP contribution in [0, 0.1) is 5.82 Å². The maximum Gasteiger partial charge on any atom is 0.273 e. The average molecular weight is 239 g/mol. The fourth-order valence-corrected chi connectivity index (χ4v) is 2.11. The summed E-state index contributed by atoms with van der Waals surface area (Å²) in [5.41, 5.74) is 1.41. The molecule has 0 atom stereocenters. The summed E-state index contributed by atoms with van der Waals surface area (Å²) >= 11 is 1.28. The minimum absolute atomic E-state index is 0.103. The molecule has 0 unspecified atom stereocenters. The van der Waals surface area contributed by atoms with Gasteiger partial charge in [0.25, 0.3) is 5.19 Å². The summed E-state index contributed by atoms with van der Waals surface area (Å²) in [5, 5.41) is 9.67. The van der Waals surface area contributed by atoms with E-state index in [2.05, 4.69) is 4.98 Å². The van der Waals surface area contributed by atoms with Crippen molar-refractivity contribution in [2.45, 2.75) is 6.61 Å². The predicted octanol–water partition coefficient (Wildman–Crippen LogP) is 2.45. The molecule has 0 saturated heterocycles. The number of methoxy groups -OCH3 is 1. The highest BCUT2D eigenvalue weighted by molar-refractivity contribution is 7.13. The maximum absolute atomic E-state index is 12.8. The molecule has 16 heavy (non-hydrogen) atoms. The highest BCUT2D eigenvalue weighted by Gasteiger charge is 2.12. The predicted molar refractivity (Wildman–Crippen MR) is 60.0 cm³/mol. The fraction of sp³-hybridized carbons (Fsp3) is 0.182. The minimum atomic E-state index is -0.295. The first-order valence-electron chi connectivity index (χ1n) is 4.65. The molecule has 0 aliphatic rings. The zero-order valence-corrected chi connectivity index (χ0v) is 9.42. The Hall–Kier alpha value is -1.46. The van der Waals surface area contributed by atoms with E-state index in [1.165, 1.54) is 30.6 Å². The molecule has 0 fully saturated rings. The lowest BCUT2D eigenvalue weighted by molar-refractivity contribution is 0.286. The van der Waals surface area contributed by atoms with Crippen LogP contribution >= 0.6 is 11.3 Å². The Kier molecular flexibility index (Phi) is 3.17. The van der Waals surface area contributed by atoms with Crippen molar-refractivity contribution in [1.82, 2.24) is 4.98 Å². The summed E-state index contributed by atoms with van der Waals surface area (Å²) in [5.74, 6) is -0.295. The molecule has 84 valence electrons. The second-order valence-corrected chi connectivity index (χ2v) is 4.17. The van der Waals surface area contributed by atoms with Crippen LogP contribution in [0.25, 0.3) is 11.3 Å². The van der Waals surface area contributed by atoms with Crippen LogP contribution in [-0.2, 0) is 6.61 Å². The molecule has 5 heteroatoms. The lowest BCUT2D eigenvalue weighted by Gasteiger charge is -1.98. The Balaban J connectivity index is 2.45. The number of hydrogen-bond acceptors (Lipinski definition) is 4. The summed E-state index contributed by atoms with van der Waals surface area (Å²) in [6.07, 6.45) is 0. The van der Waals surface area contributed by atoms with Gasteiger partial charge in [0.2, 0.25) is 0 Å². The number of halogens is 1. The molecule has 0 spiro atoms. The van der Waals surface area contributed by atoms with Crippen LogP contribution in [0.5, 0.6) is 5.19 Å². The van der Waals surface area contributed by atoms with E-state index in [1.54, 1.807) is 12.1 Å². The van der Waals surface area contributed by atoms with E-state index in [1.807, 2.05) is 0 Å². The van der Waals surface area contributed by atoms with Crippen molar-refractivity contribution in [3.05, 3.63) is 35.0 Å².